The monoisotopic (exact) mass is 290 g/mol. The van der Waals surface area contributed by atoms with E-state index in [1.165, 1.54) is 11.2 Å². The van der Waals surface area contributed by atoms with E-state index in [0.717, 1.165) is 5.75 Å². The predicted molar refractivity (Wildman–Crippen MR) is 72.9 cm³/mol. The lowest BCUT2D eigenvalue weighted by atomic mass is 10.1. The van der Waals surface area contributed by atoms with Gasteiger partial charge in [-0.2, -0.15) is 11.8 Å². The van der Waals surface area contributed by atoms with Crippen LogP contribution in [-0.4, -0.2) is 54.9 Å². The standard InChI is InChI=1S/C11H18N2O3S2/c1-18(15,16)10-7-17-5-4-13(10)11(14)8-2-3-9(12)6-8/h2-3,8-10H,4-7,12H2,1H3. The molecule has 1 amide bonds. The fraction of sp³-hybridized carbons (Fsp3) is 0.727. The van der Waals surface area contributed by atoms with Crippen molar-refractivity contribution in [2.75, 3.05) is 24.3 Å². The molecule has 5 nitrogen and oxygen atoms in total. The SMILES string of the molecule is CS(=O)(=O)C1CSCCN1C(=O)C1C=CC(N)C1. The third kappa shape index (κ3) is 2.89. The summed E-state index contributed by atoms with van der Waals surface area (Å²) in [5.74, 6) is 0.898. The number of nitrogens with zero attached hydrogens (tertiary/aromatic N) is 1. The van der Waals surface area contributed by atoms with E-state index in [-0.39, 0.29) is 17.9 Å². The van der Waals surface area contributed by atoms with Crippen LogP contribution in [0.1, 0.15) is 6.42 Å². The Labute approximate surface area is 112 Å². The molecule has 18 heavy (non-hydrogen) atoms. The first-order valence-corrected chi connectivity index (χ1v) is 9.01. The Balaban J connectivity index is 2.14. The van der Waals surface area contributed by atoms with Crippen LogP contribution in [0, 0.1) is 5.92 Å². The summed E-state index contributed by atoms with van der Waals surface area (Å²) in [6, 6.07) is -0.0881. The quantitative estimate of drug-likeness (QED) is 0.715. The van der Waals surface area contributed by atoms with E-state index in [9.17, 15) is 13.2 Å². The lowest BCUT2D eigenvalue weighted by Gasteiger charge is -2.35. The van der Waals surface area contributed by atoms with Crippen molar-refractivity contribution in [3.05, 3.63) is 12.2 Å². The Morgan fingerprint density at radius 1 is 1.44 bits per heavy atom. The van der Waals surface area contributed by atoms with Crippen molar-refractivity contribution in [2.24, 2.45) is 11.7 Å². The summed E-state index contributed by atoms with van der Waals surface area (Å²) in [5.41, 5.74) is 5.73. The van der Waals surface area contributed by atoms with E-state index in [4.69, 9.17) is 5.73 Å². The molecule has 1 heterocycles. The molecule has 0 spiro atoms. The first-order chi connectivity index (χ1) is 8.39. The molecule has 7 heteroatoms. The van der Waals surface area contributed by atoms with Crippen LogP contribution in [0.5, 0.6) is 0 Å². The number of carbonyl (C=O) groups excluding carboxylic acids is 1. The third-order valence-corrected chi connectivity index (χ3v) is 5.94. The smallest absolute Gasteiger partial charge is 0.230 e. The Morgan fingerprint density at radius 2 is 2.17 bits per heavy atom. The number of nitrogens with two attached hydrogens (primary N) is 1. The number of amides is 1. The highest BCUT2D eigenvalue weighted by Crippen LogP contribution is 2.26. The van der Waals surface area contributed by atoms with Crippen molar-refractivity contribution in [3.8, 4) is 0 Å². The highest BCUT2D eigenvalue weighted by Gasteiger charge is 2.37. The van der Waals surface area contributed by atoms with Gasteiger partial charge in [0, 0.05) is 30.3 Å². The molecule has 2 rings (SSSR count). The van der Waals surface area contributed by atoms with Crippen molar-refractivity contribution < 1.29 is 13.2 Å². The van der Waals surface area contributed by atoms with Gasteiger partial charge < -0.3 is 10.6 Å². The van der Waals surface area contributed by atoms with Crippen LogP contribution in [0.4, 0.5) is 0 Å². The molecule has 2 aliphatic rings. The number of hydrogen-bond donors (Lipinski definition) is 1. The summed E-state index contributed by atoms with van der Waals surface area (Å²) in [6.45, 7) is 0.501. The average Bonchev–Trinajstić information content (AvgIpc) is 2.74. The van der Waals surface area contributed by atoms with Gasteiger partial charge >= 0.3 is 0 Å². The van der Waals surface area contributed by atoms with Crippen LogP contribution in [0.3, 0.4) is 0 Å². The summed E-state index contributed by atoms with van der Waals surface area (Å²) < 4.78 is 23.5. The zero-order valence-electron chi connectivity index (χ0n) is 10.3. The predicted octanol–water partition coefficient (Wildman–Crippen LogP) is -0.164. The van der Waals surface area contributed by atoms with Gasteiger partial charge in [-0.15, -0.1) is 0 Å². The van der Waals surface area contributed by atoms with E-state index in [0.29, 0.717) is 18.7 Å². The van der Waals surface area contributed by atoms with E-state index in [1.807, 2.05) is 6.08 Å². The minimum absolute atomic E-state index is 0.0881. The summed E-state index contributed by atoms with van der Waals surface area (Å²) in [6.07, 6.45) is 5.39. The van der Waals surface area contributed by atoms with Crippen LogP contribution in [0.15, 0.2) is 12.2 Å². The molecule has 0 aromatic carbocycles. The molecular formula is C11H18N2O3S2. The van der Waals surface area contributed by atoms with Crippen LogP contribution in [0.2, 0.25) is 0 Å². The fourth-order valence-corrected chi connectivity index (χ4v) is 5.13. The van der Waals surface area contributed by atoms with Crippen LogP contribution in [-0.2, 0) is 14.6 Å². The van der Waals surface area contributed by atoms with Crippen molar-refractivity contribution in [2.45, 2.75) is 17.8 Å². The van der Waals surface area contributed by atoms with Gasteiger partial charge in [0.25, 0.3) is 0 Å². The number of sulfone groups is 1. The highest BCUT2D eigenvalue weighted by atomic mass is 32.2. The Morgan fingerprint density at radius 3 is 2.72 bits per heavy atom. The molecule has 0 radical (unpaired) electrons. The number of rotatable bonds is 2. The maximum Gasteiger partial charge on any atom is 0.230 e. The van der Waals surface area contributed by atoms with Gasteiger partial charge in [-0.3, -0.25) is 4.79 Å². The van der Waals surface area contributed by atoms with Gasteiger partial charge in [0.05, 0.1) is 5.92 Å². The first kappa shape index (κ1) is 13.9. The third-order valence-electron chi connectivity index (χ3n) is 3.30. The average molecular weight is 290 g/mol. The molecule has 0 aromatic rings. The molecule has 1 aliphatic carbocycles. The molecular weight excluding hydrogens is 272 g/mol. The maximum absolute atomic E-state index is 12.3. The van der Waals surface area contributed by atoms with Crippen molar-refractivity contribution in [1.82, 2.24) is 4.90 Å². The second kappa shape index (κ2) is 5.22. The summed E-state index contributed by atoms with van der Waals surface area (Å²) in [5, 5.41) is -0.686. The molecule has 3 atom stereocenters. The molecule has 102 valence electrons. The van der Waals surface area contributed by atoms with E-state index in [1.54, 1.807) is 17.8 Å². The lowest BCUT2D eigenvalue weighted by molar-refractivity contribution is -0.134. The van der Waals surface area contributed by atoms with Gasteiger partial charge in [0.15, 0.2) is 9.84 Å². The topological polar surface area (TPSA) is 80.5 Å². The van der Waals surface area contributed by atoms with Gasteiger partial charge in [-0.05, 0) is 6.42 Å². The van der Waals surface area contributed by atoms with Crippen molar-refractivity contribution >= 4 is 27.5 Å². The van der Waals surface area contributed by atoms with Gasteiger partial charge in [0.2, 0.25) is 5.91 Å². The number of thioether (sulfide) groups is 1. The Hall–Kier alpha value is -0.530. The number of carbonyl (C=O) groups is 1. The van der Waals surface area contributed by atoms with Crippen molar-refractivity contribution in [3.63, 3.8) is 0 Å². The van der Waals surface area contributed by atoms with E-state index < -0.39 is 15.2 Å². The summed E-state index contributed by atoms with van der Waals surface area (Å²) in [7, 11) is -3.23. The van der Waals surface area contributed by atoms with Gasteiger partial charge in [-0.25, -0.2) is 8.42 Å². The molecule has 1 aliphatic heterocycles. The molecule has 0 bridgehead atoms. The van der Waals surface area contributed by atoms with E-state index in [2.05, 4.69) is 0 Å². The van der Waals surface area contributed by atoms with Gasteiger partial charge in [0.1, 0.15) is 5.37 Å². The molecule has 2 N–H and O–H groups in total. The summed E-state index contributed by atoms with van der Waals surface area (Å²) in [4.78, 5) is 13.9. The largest absolute Gasteiger partial charge is 0.324 e. The minimum Gasteiger partial charge on any atom is -0.324 e. The molecule has 0 aromatic heterocycles. The number of hydrogen-bond acceptors (Lipinski definition) is 5. The Bertz CT molecular complexity index is 461. The van der Waals surface area contributed by atoms with Crippen molar-refractivity contribution in [1.29, 1.82) is 0 Å². The van der Waals surface area contributed by atoms with Crippen LogP contribution >= 0.6 is 11.8 Å². The molecule has 0 saturated carbocycles. The second-order valence-electron chi connectivity index (χ2n) is 4.78. The van der Waals surface area contributed by atoms with E-state index >= 15 is 0 Å². The van der Waals surface area contributed by atoms with Crippen LogP contribution < -0.4 is 5.73 Å². The zero-order chi connectivity index (χ0) is 13.3. The molecule has 3 unspecified atom stereocenters. The molecule has 1 fully saturated rings. The summed E-state index contributed by atoms with van der Waals surface area (Å²) >= 11 is 1.58. The van der Waals surface area contributed by atoms with Gasteiger partial charge in [-0.1, -0.05) is 12.2 Å². The second-order valence-corrected chi connectivity index (χ2v) is 8.13. The minimum atomic E-state index is -3.23. The molecule has 1 saturated heterocycles. The lowest BCUT2D eigenvalue weighted by Crippen LogP contribution is -2.51. The zero-order valence-corrected chi connectivity index (χ0v) is 11.9. The normalized spacial score (nSPS) is 32.8. The fourth-order valence-electron chi connectivity index (χ4n) is 2.31. The first-order valence-electron chi connectivity index (χ1n) is 5.90. The Kier molecular flexibility index (Phi) is 4.03. The van der Waals surface area contributed by atoms with Crippen LogP contribution in [0.25, 0.3) is 0 Å². The highest BCUT2D eigenvalue weighted by molar-refractivity contribution is 8.00. The maximum atomic E-state index is 12.3.